The third-order valence-electron chi connectivity index (χ3n) is 6.17. The number of imidazole rings is 1. The van der Waals surface area contributed by atoms with Crippen LogP contribution < -0.4 is 16.0 Å². The number of hydrogen-bond acceptors (Lipinski definition) is 5. The number of H-pyrrole nitrogens is 1. The summed E-state index contributed by atoms with van der Waals surface area (Å²) in [4.78, 5) is 47.1. The number of anilines is 2. The van der Waals surface area contributed by atoms with Gasteiger partial charge >= 0.3 is 0 Å². The van der Waals surface area contributed by atoms with Crippen molar-refractivity contribution in [1.82, 2.24) is 20.2 Å². The van der Waals surface area contributed by atoms with Crippen LogP contribution in [-0.4, -0.2) is 58.3 Å². The summed E-state index contributed by atoms with van der Waals surface area (Å²) in [6.07, 6.45) is 4.93. The SMILES string of the molecule is CC(CNC(=O)c1[nH]cnc1C(=O)Nc1ccc(NC(=O)c2ccccc2Cl)cc1)N1CCCCC1. The zero-order chi connectivity index (χ0) is 25.5. The average molecular weight is 509 g/mol. The van der Waals surface area contributed by atoms with Crippen molar-refractivity contribution >= 4 is 40.7 Å². The zero-order valence-electron chi connectivity index (χ0n) is 20.0. The van der Waals surface area contributed by atoms with Crippen LogP contribution in [0.4, 0.5) is 11.4 Å². The second-order valence-corrected chi connectivity index (χ2v) is 9.15. The summed E-state index contributed by atoms with van der Waals surface area (Å²) >= 11 is 6.07. The maximum absolute atomic E-state index is 12.8. The van der Waals surface area contributed by atoms with E-state index in [1.807, 2.05) is 0 Å². The number of piperidine rings is 1. The molecule has 0 saturated carbocycles. The Balaban J connectivity index is 1.33. The maximum atomic E-state index is 12.8. The summed E-state index contributed by atoms with van der Waals surface area (Å²) in [6.45, 7) is 4.65. The first-order valence-electron chi connectivity index (χ1n) is 12.0. The lowest BCUT2D eigenvalue weighted by Crippen LogP contribution is -2.44. The first kappa shape index (κ1) is 25.4. The molecule has 0 bridgehead atoms. The van der Waals surface area contributed by atoms with Gasteiger partial charge in [0.25, 0.3) is 17.7 Å². The first-order valence-corrected chi connectivity index (χ1v) is 12.3. The van der Waals surface area contributed by atoms with Crippen LogP contribution in [0.15, 0.2) is 54.9 Å². The van der Waals surface area contributed by atoms with Gasteiger partial charge in [-0.3, -0.25) is 19.3 Å². The van der Waals surface area contributed by atoms with E-state index in [0.717, 1.165) is 13.1 Å². The first-order chi connectivity index (χ1) is 17.4. The van der Waals surface area contributed by atoms with Gasteiger partial charge in [-0.25, -0.2) is 4.98 Å². The fraction of sp³-hybridized carbons (Fsp3) is 0.308. The lowest BCUT2D eigenvalue weighted by atomic mass is 10.1. The van der Waals surface area contributed by atoms with E-state index in [2.05, 4.69) is 37.7 Å². The molecule has 1 atom stereocenters. The normalized spacial score (nSPS) is 14.6. The monoisotopic (exact) mass is 508 g/mol. The van der Waals surface area contributed by atoms with Gasteiger partial charge in [0, 0.05) is 24.0 Å². The molecule has 1 aliphatic rings. The molecule has 3 aromatic rings. The molecule has 1 saturated heterocycles. The largest absolute Gasteiger partial charge is 0.349 e. The molecule has 188 valence electrons. The molecule has 0 aliphatic carbocycles. The molecule has 0 radical (unpaired) electrons. The van der Waals surface area contributed by atoms with E-state index in [0.29, 0.717) is 28.5 Å². The summed E-state index contributed by atoms with van der Waals surface area (Å²) < 4.78 is 0. The Hall–Kier alpha value is -3.69. The van der Waals surface area contributed by atoms with Gasteiger partial charge in [0.2, 0.25) is 0 Å². The van der Waals surface area contributed by atoms with E-state index in [-0.39, 0.29) is 29.2 Å². The fourth-order valence-corrected chi connectivity index (χ4v) is 4.35. The summed E-state index contributed by atoms with van der Waals surface area (Å²) in [5, 5.41) is 8.76. The Bertz CT molecular complexity index is 1220. The molecule has 1 aliphatic heterocycles. The molecule has 2 aromatic carbocycles. The summed E-state index contributed by atoms with van der Waals surface area (Å²) in [5.41, 5.74) is 1.52. The van der Waals surface area contributed by atoms with Gasteiger partial charge in [0.15, 0.2) is 5.69 Å². The number of benzene rings is 2. The van der Waals surface area contributed by atoms with E-state index in [9.17, 15) is 14.4 Å². The molecule has 3 amide bonds. The number of amides is 3. The molecule has 2 heterocycles. The third kappa shape index (κ3) is 6.30. The van der Waals surface area contributed by atoms with E-state index >= 15 is 0 Å². The van der Waals surface area contributed by atoms with Gasteiger partial charge in [-0.15, -0.1) is 0 Å². The molecule has 4 rings (SSSR count). The van der Waals surface area contributed by atoms with Crippen molar-refractivity contribution in [2.24, 2.45) is 0 Å². The predicted octanol–water partition coefficient (Wildman–Crippen LogP) is 4.17. The van der Waals surface area contributed by atoms with Crippen LogP contribution >= 0.6 is 11.6 Å². The van der Waals surface area contributed by atoms with Gasteiger partial charge in [-0.1, -0.05) is 30.2 Å². The van der Waals surface area contributed by atoms with Crippen LogP contribution in [0.1, 0.15) is 57.5 Å². The molecule has 1 unspecified atom stereocenters. The molecular weight excluding hydrogens is 480 g/mol. The minimum Gasteiger partial charge on any atom is -0.349 e. The van der Waals surface area contributed by atoms with Gasteiger partial charge in [-0.05, 0) is 69.3 Å². The lowest BCUT2D eigenvalue weighted by Gasteiger charge is -2.32. The average Bonchev–Trinajstić information content (AvgIpc) is 3.39. The predicted molar refractivity (Wildman–Crippen MR) is 140 cm³/mol. The standard InChI is InChI=1S/C26H29ClN6O3/c1-17(33-13-5-2-6-14-33)15-28-25(35)22-23(30-16-29-22)26(36)32-19-11-9-18(10-12-19)31-24(34)20-7-3-4-8-21(20)27/h3-4,7-12,16-17H,2,5-6,13-15H2,1H3,(H,28,35)(H,29,30)(H,31,34)(H,32,36). The topological polar surface area (TPSA) is 119 Å². The number of rotatable bonds is 8. The minimum atomic E-state index is -0.515. The third-order valence-corrected chi connectivity index (χ3v) is 6.50. The van der Waals surface area contributed by atoms with Crippen molar-refractivity contribution in [2.75, 3.05) is 30.3 Å². The van der Waals surface area contributed by atoms with Gasteiger partial charge in [0.1, 0.15) is 5.69 Å². The Labute approximate surface area is 214 Å². The van der Waals surface area contributed by atoms with E-state index in [1.165, 1.54) is 25.6 Å². The van der Waals surface area contributed by atoms with Gasteiger partial charge in [-0.2, -0.15) is 0 Å². The van der Waals surface area contributed by atoms with Crippen molar-refractivity contribution in [3.8, 4) is 0 Å². The molecule has 10 heteroatoms. The molecule has 1 aromatic heterocycles. The molecule has 36 heavy (non-hydrogen) atoms. The van der Waals surface area contributed by atoms with Crippen molar-refractivity contribution in [3.05, 3.63) is 76.8 Å². The smallest absolute Gasteiger partial charge is 0.276 e. The number of carbonyl (C=O) groups is 3. The zero-order valence-corrected chi connectivity index (χ0v) is 20.8. The van der Waals surface area contributed by atoms with Crippen LogP contribution in [0.5, 0.6) is 0 Å². The van der Waals surface area contributed by atoms with Crippen LogP contribution in [0.3, 0.4) is 0 Å². The highest BCUT2D eigenvalue weighted by molar-refractivity contribution is 6.34. The number of aromatic nitrogens is 2. The molecular formula is C26H29ClN6O3. The van der Waals surface area contributed by atoms with Crippen molar-refractivity contribution in [3.63, 3.8) is 0 Å². The summed E-state index contributed by atoms with van der Waals surface area (Å²) in [5.74, 6) is -1.23. The van der Waals surface area contributed by atoms with Crippen molar-refractivity contribution in [1.29, 1.82) is 0 Å². The summed E-state index contributed by atoms with van der Waals surface area (Å²) in [7, 11) is 0. The van der Waals surface area contributed by atoms with E-state index < -0.39 is 5.91 Å². The molecule has 4 N–H and O–H groups in total. The molecule has 9 nitrogen and oxygen atoms in total. The molecule has 0 spiro atoms. The molecule has 1 fully saturated rings. The van der Waals surface area contributed by atoms with Crippen LogP contribution in [0.25, 0.3) is 0 Å². The van der Waals surface area contributed by atoms with Gasteiger partial charge in [0.05, 0.1) is 16.9 Å². The van der Waals surface area contributed by atoms with Crippen LogP contribution in [-0.2, 0) is 0 Å². The Morgan fingerprint density at radius 3 is 2.25 bits per heavy atom. The van der Waals surface area contributed by atoms with Crippen LogP contribution in [0.2, 0.25) is 5.02 Å². The number of nitrogens with one attached hydrogen (secondary N) is 4. The minimum absolute atomic E-state index is 0.00854. The second kappa shape index (κ2) is 11.8. The Morgan fingerprint density at radius 1 is 0.944 bits per heavy atom. The van der Waals surface area contributed by atoms with E-state index in [1.54, 1.807) is 48.5 Å². The lowest BCUT2D eigenvalue weighted by molar-refractivity contribution is 0.0914. The fourth-order valence-electron chi connectivity index (χ4n) is 4.13. The quantitative estimate of drug-likeness (QED) is 0.364. The highest BCUT2D eigenvalue weighted by Gasteiger charge is 2.22. The van der Waals surface area contributed by atoms with Crippen LogP contribution in [0, 0.1) is 0 Å². The number of likely N-dealkylation sites (tertiary alicyclic amines) is 1. The van der Waals surface area contributed by atoms with E-state index in [4.69, 9.17) is 11.6 Å². The van der Waals surface area contributed by atoms with Gasteiger partial charge < -0.3 is 20.9 Å². The van der Waals surface area contributed by atoms with Crippen molar-refractivity contribution in [2.45, 2.75) is 32.2 Å². The number of aromatic amines is 1. The number of carbonyl (C=O) groups excluding carboxylic acids is 3. The second-order valence-electron chi connectivity index (χ2n) is 8.75. The highest BCUT2D eigenvalue weighted by Crippen LogP contribution is 2.19. The maximum Gasteiger partial charge on any atom is 0.276 e. The Morgan fingerprint density at radius 2 is 1.58 bits per heavy atom. The number of hydrogen-bond donors (Lipinski definition) is 4. The Kier molecular flexibility index (Phi) is 8.35. The summed E-state index contributed by atoms with van der Waals surface area (Å²) in [6, 6.07) is 13.6. The number of halogens is 1. The highest BCUT2D eigenvalue weighted by atomic mass is 35.5. The van der Waals surface area contributed by atoms with Crippen molar-refractivity contribution < 1.29 is 14.4 Å². The number of nitrogens with zero attached hydrogens (tertiary/aromatic N) is 2.